The minimum atomic E-state index is 0.318. The first-order valence-electron chi connectivity index (χ1n) is 5.03. The first-order valence-corrected chi connectivity index (χ1v) is 5.03. The third kappa shape index (κ3) is 3.35. The second-order valence-corrected chi connectivity index (χ2v) is 4.08. The maximum absolute atomic E-state index is 5.67. The Kier molecular flexibility index (Phi) is 3.72. The van der Waals surface area contributed by atoms with Gasteiger partial charge in [-0.25, -0.2) is 0 Å². The summed E-state index contributed by atoms with van der Waals surface area (Å²) in [6, 6.07) is 0. The maximum atomic E-state index is 5.67. The molecule has 0 bridgehead atoms. The van der Waals surface area contributed by atoms with Gasteiger partial charge in [-0.1, -0.05) is 13.8 Å². The number of amidine groups is 1. The van der Waals surface area contributed by atoms with E-state index in [0.29, 0.717) is 5.41 Å². The van der Waals surface area contributed by atoms with Gasteiger partial charge in [0.15, 0.2) is 0 Å². The average Bonchev–Trinajstić information content (AvgIpc) is 2.15. The molecule has 0 radical (unpaired) electrons. The fourth-order valence-electron chi connectivity index (χ4n) is 1.43. The van der Waals surface area contributed by atoms with E-state index in [0.717, 1.165) is 44.9 Å². The van der Waals surface area contributed by atoms with E-state index in [1.807, 2.05) is 6.92 Å². The normalized spacial score (nSPS) is 23.1. The molecule has 0 aromatic carbocycles. The summed E-state index contributed by atoms with van der Waals surface area (Å²) in [5, 5.41) is 0. The lowest BCUT2D eigenvalue weighted by Crippen LogP contribution is -2.30. The molecular weight excluding hydrogens is 164 g/mol. The lowest BCUT2D eigenvalue weighted by molar-refractivity contribution is 0.0283. The standard InChI is InChI=1S/C10H20N2O/c1-3-9(11)12-8-10(2)4-6-13-7-5-10/h3-8H2,1-2H3,(H2,11,12). The van der Waals surface area contributed by atoms with E-state index in [2.05, 4.69) is 11.9 Å². The third-order valence-electron chi connectivity index (χ3n) is 2.73. The van der Waals surface area contributed by atoms with Crippen LogP contribution in [0.15, 0.2) is 4.99 Å². The van der Waals surface area contributed by atoms with Crippen LogP contribution in [-0.4, -0.2) is 25.6 Å². The molecule has 1 heterocycles. The molecule has 0 saturated carbocycles. The average molecular weight is 184 g/mol. The van der Waals surface area contributed by atoms with Crippen molar-refractivity contribution in [1.29, 1.82) is 0 Å². The van der Waals surface area contributed by atoms with E-state index in [1.54, 1.807) is 0 Å². The van der Waals surface area contributed by atoms with Crippen LogP contribution < -0.4 is 5.73 Å². The van der Waals surface area contributed by atoms with E-state index >= 15 is 0 Å². The quantitative estimate of drug-likeness (QED) is 0.534. The Morgan fingerprint density at radius 3 is 2.62 bits per heavy atom. The number of nitrogens with zero attached hydrogens (tertiary/aromatic N) is 1. The van der Waals surface area contributed by atoms with Crippen LogP contribution in [0.25, 0.3) is 0 Å². The summed E-state index contributed by atoms with van der Waals surface area (Å²) in [5.41, 5.74) is 5.99. The summed E-state index contributed by atoms with van der Waals surface area (Å²) in [6.45, 7) is 6.90. The van der Waals surface area contributed by atoms with Gasteiger partial charge in [-0.2, -0.15) is 0 Å². The molecule has 1 saturated heterocycles. The van der Waals surface area contributed by atoms with Gasteiger partial charge in [0.2, 0.25) is 0 Å². The van der Waals surface area contributed by atoms with Gasteiger partial charge in [0.25, 0.3) is 0 Å². The van der Waals surface area contributed by atoms with Gasteiger partial charge in [0, 0.05) is 26.2 Å². The Morgan fingerprint density at radius 2 is 2.08 bits per heavy atom. The zero-order valence-corrected chi connectivity index (χ0v) is 8.68. The van der Waals surface area contributed by atoms with Crippen LogP contribution in [0.2, 0.25) is 0 Å². The molecule has 0 aromatic rings. The van der Waals surface area contributed by atoms with Crippen LogP contribution in [-0.2, 0) is 4.74 Å². The Balaban J connectivity index is 2.41. The molecular formula is C10H20N2O. The molecule has 1 aliphatic rings. The maximum Gasteiger partial charge on any atom is 0.0934 e. The zero-order chi connectivity index (χ0) is 9.73. The topological polar surface area (TPSA) is 47.6 Å². The van der Waals surface area contributed by atoms with Crippen molar-refractivity contribution in [1.82, 2.24) is 0 Å². The van der Waals surface area contributed by atoms with E-state index in [-0.39, 0.29) is 0 Å². The van der Waals surface area contributed by atoms with Crippen molar-refractivity contribution in [3.8, 4) is 0 Å². The largest absolute Gasteiger partial charge is 0.387 e. The Hall–Kier alpha value is -0.570. The molecule has 1 fully saturated rings. The van der Waals surface area contributed by atoms with E-state index in [9.17, 15) is 0 Å². The van der Waals surface area contributed by atoms with Gasteiger partial charge in [0.05, 0.1) is 5.84 Å². The molecule has 3 nitrogen and oxygen atoms in total. The summed E-state index contributed by atoms with van der Waals surface area (Å²) in [5.74, 6) is 0.771. The van der Waals surface area contributed by atoms with Crippen LogP contribution >= 0.6 is 0 Å². The van der Waals surface area contributed by atoms with Crippen LogP contribution in [0.4, 0.5) is 0 Å². The minimum absolute atomic E-state index is 0.318. The molecule has 0 amide bonds. The number of nitrogens with two attached hydrogens (primary N) is 1. The Morgan fingerprint density at radius 1 is 1.46 bits per heavy atom. The Labute approximate surface area is 80.4 Å². The second kappa shape index (κ2) is 4.61. The molecule has 2 N–H and O–H groups in total. The summed E-state index contributed by atoms with van der Waals surface area (Å²) < 4.78 is 5.32. The fraction of sp³-hybridized carbons (Fsp3) is 0.900. The Bertz CT molecular complexity index is 183. The second-order valence-electron chi connectivity index (χ2n) is 4.08. The predicted molar refractivity (Wildman–Crippen MR) is 54.9 cm³/mol. The van der Waals surface area contributed by atoms with Gasteiger partial charge in [-0.3, -0.25) is 4.99 Å². The number of hydrogen-bond acceptors (Lipinski definition) is 2. The van der Waals surface area contributed by atoms with Crippen LogP contribution in [0.5, 0.6) is 0 Å². The van der Waals surface area contributed by atoms with Gasteiger partial charge in [-0.15, -0.1) is 0 Å². The number of aliphatic imine (C=N–C) groups is 1. The third-order valence-corrected chi connectivity index (χ3v) is 2.73. The van der Waals surface area contributed by atoms with E-state index in [1.165, 1.54) is 0 Å². The SMILES string of the molecule is CCC(N)=NCC1(C)CCOCC1. The molecule has 0 atom stereocenters. The molecule has 0 spiro atoms. The molecule has 0 aliphatic carbocycles. The minimum Gasteiger partial charge on any atom is -0.387 e. The van der Waals surface area contributed by atoms with Gasteiger partial charge in [0.1, 0.15) is 0 Å². The van der Waals surface area contributed by atoms with Crippen molar-refractivity contribution < 1.29 is 4.74 Å². The van der Waals surface area contributed by atoms with Crippen molar-refractivity contribution in [2.75, 3.05) is 19.8 Å². The fourth-order valence-corrected chi connectivity index (χ4v) is 1.43. The summed E-state index contributed by atoms with van der Waals surface area (Å²) >= 11 is 0. The number of ether oxygens (including phenoxy) is 1. The summed E-state index contributed by atoms with van der Waals surface area (Å²) in [6.07, 6.45) is 3.06. The highest BCUT2D eigenvalue weighted by Gasteiger charge is 2.26. The van der Waals surface area contributed by atoms with Crippen LogP contribution in [0.3, 0.4) is 0 Å². The lowest BCUT2D eigenvalue weighted by atomic mass is 9.82. The molecule has 13 heavy (non-hydrogen) atoms. The highest BCUT2D eigenvalue weighted by Crippen LogP contribution is 2.29. The number of hydrogen-bond donors (Lipinski definition) is 1. The monoisotopic (exact) mass is 184 g/mol. The van der Waals surface area contributed by atoms with Crippen molar-refractivity contribution in [2.45, 2.75) is 33.1 Å². The van der Waals surface area contributed by atoms with Gasteiger partial charge < -0.3 is 10.5 Å². The smallest absolute Gasteiger partial charge is 0.0934 e. The number of rotatable bonds is 3. The summed E-state index contributed by atoms with van der Waals surface area (Å²) in [4.78, 5) is 4.38. The molecule has 0 aromatic heterocycles. The van der Waals surface area contributed by atoms with Gasteiger partial charge >= 0.3 is 0 Å². The van der Waals surface area contributed by atoms with Crippen molar-refractivity contribution in [2.24, 2.45) is 16.1 Å². The van der Waals surface area contributed by atoms with E-state index in [4.69, 9.17) is 10.5 Å². The molecule has 3 heteroatoms. The molecule has 1 aliphatic heterocycles. The predicted octanol–water partition coefficient (Wildman–Crippen LogP) is 1.57. The lowest BCUT2D eigenvalue weighted by Gasteiger charge is -2.31. The highest BCUT2D eigenvalue weighted by atomic mass is 16.5. The molecule has 0 unspecified atom stereocenters. The van der Waals surface area contributed by atoms with Crippen molar-refractivity contribution in [3.05, 3.63) is 0 Å². The van der Waals surface area contributed by atoms with E-state index < -0.39 is 0 Å². The van der Waals surface area contributed by atoms with Crippen molar-refractivity contribution >= 4 is 5.84 Å². The highest BCUT2D eigenvalue weighted by molar-refractivity contribution is 5.79. The van der Waals surface area contributed by atoms with Gasteiger partial charge in [-0.05, 0) is 18.3 Å². The summed E-state index contributed by atoms with van der Waals surface area (Å²) in [7, 11) is 0. The first kappa shape index (κ1) is 10.5. The first-order chi connectivity index (χ1) is 6.16. The zero-order valence-electron chi connectivity index (χ0n) is 8.68. The van der Waals surface area contributed by atoms with Crippen molar-refractivity contribution in [3.63, 3.8) is 0 Å². The van der Waals surface area contributed by atoms with Crippen LogP contribution in [0, 0.1) is 5.41 Å². The molecule has 1 rings (SSSR count). The van der Waals surface area contributed by atoms with Crippen LogP contribution in [0.1, 0.15) is 33.1 Å². The molecule has 76 valence electrons.